The Hall–Kier alpha value is -2.06. The largest absolute Gasteiger partial charge is 0.490 e. The third-order valence-corrected chi connectivity index (χ3v) is 3.90. The van der Waals surface area contributed by atoms with Crippen LogP contribution in [0.2, 0.25) is 0 Å². The highest BCUT2D eigenvalue weighted by Crippen LogP contribution is 2.17. The van der Waals surface area contributed by atoms with Gasteiger partial charge < -0.3 is 24.8 Å². The second kappa shape index (κ2) is 9.94. The molecule has 2 heterocycles. The fourth-order valence-electron chi connectivity index (χ4n) is 2.59. The van der Waals surface area contributed by atoms with E-state index < -0.39 is 6.09 Å². The van der Waals surface area contributed by atoms with E-state index in [1.165, 1.54) is 0 Å². The summed E-state index contributed by atoms with van der Waals surface area (Å²) in [6, 6.07) is 3.91. The quantitative estimate of drug-likeness (QED) is 0.647. The summed E-state index contributed by atoms with van der Waals surface area (Å²) in [5.74, 6) is 1.71. The van der Waals surface area contributed by atoms with E-state index in [2.05, 4.69) is 20.1 Å². The summed E-state index contributed by atoms with van der Waals surface area (Å²) in [5.41, 5.74) is 0. The molecule has 1 aliphatic rings. The molecule has 1 saturated heterocycles. The highest BCUT2D eigenvalue weighted by atomic mass is 16.5. The molecule has 1 aromatic rings. The number of piperazine rings is 1. The number of ether oxygens (including phenoxy) is 2. The van der Waals surface area contributed by atoms with Crippen molar-refractivity contribution >= 4 is 11.9 Å². The van der Waals surface area contributed by atoms with Crippen molar-refractivity contribution in [3.63, 3.8) is 0 Å². The summed E-state index contributed by atoms with van der Waals surface area (Å²) < 4.78 is 10.5. The zero-order valence-corrected chi connectivity index (χ0v) is 14.1. The number of carbonyl (C=O) groups is 1. The van der Waals surface area contributed by atoms with Gasteiger partial charge in [-0.05, 0) is 25.1 Å². The maximum absolute atomic E-state index is 10.4. The standard InChI is InChI=1S/C16H26N4O4/c1-23-11-12-24-14-3-4-15(18-13-14)20-9-7-19(8-10-20)6-2-5-17-16(21)22/h3-4,13,17H,2,5-12H2,1H3,(H,21,22). The Bertz CT molecular complexity index is 489. The van der Waals surface area contributed by atoms with Crippen molar-refractivity contribution in [3.05, 3.63) is 18.3 Å². The Morgan fingerprint density at radius 1 is 1.29 bits per heavy atom. The minimum absolute atomic E-state index is 0.502. The molecule has 1 amide bonds. The molecule has 1 aliphatic heterocycles. The molecule has 0 aliphatic carbocycles. The summed E-state index contributed by atoms with van der Waals surface area (Å²) in [6.45, 7) is 6.25. The average Bonchev–Trinajstić information content (AvgIpc) is 2.60. The second-order valence-electron chi connectivity index (χ2n) is 5.61. The molecule has 0 radical (unpaired) electrons. The molecule has 0 spiro atoms. The van der Waals surface area contributed by atoms with Crippen LogP contribution in [-0.4, -0.2) is 80.7 Å². The Balaban J connectivity index is 1.69. The molecule has 24 heavy (non-hydrogen) atoms. The minimum Gasteiger partial charge on any atom is -0.490 e. The first-order valence-electron chi connectivity index (χ1n) is 8.21. The first kappa shape index (κ1) is 18.3. The number of rotatable bonds is 9. The molecule has 0 saturated carbocycles. The van der Waals surface area contributed by atoms with Crippen molar-refractivity contribution in [2.75, 3.05) is 64.5 Å². The number of nitrogens with zero attached hydrogens (tertiary/aromatic N) is 3. The fraction of sp³-hybridized carbons (Fsp3) is 0.625. The summed E-state index contributed by atoms with van der Waals surface area (Å²) in [5, 5.41) is 10.9. The lowest BCUT2D eigenvalue weighted by Crippen LogP contribution is -2.47. The molecule has 1 aromatic heterocycles. The number of nitrogens with one attached hydrogen (secondary N) is 1. The van der Waals surface area contributed by atoms with Crippen LogP contribution in [-0.2, 0) is 4.74 Å². The number of hydrogen-bond acceptors (Lipinski definition) is 6. The molecular formula is C16H26N4O4. The molecule has 0 aromatic carbocycles. The number of aromatic nitrogens is 1. The summed E-state index contributed by atoms with van der Waals surface area (Å²) in [7, 11) is 1.65. The minimum atomic E-state index is -0.958. The van der Waals surface area contributed by atoms with Crippen LogP contribution in [0.25, 0.3) is 0 Å². The van der Waals surface area contributed by atoms with Crippen LogP contribution < -0.4 is 15.0 Å². The van der Waals surface area contributed by atoms with Crippen LogP contribution in [0.5, 0.6) is 5.75 Å². The first-order valence-corrected chi connectivity index (χ1v) is 8.21. The normalized spacial score (nSPS) is 15.3. The van der Waals surface area contributed by atoms with Crippen LogP contribution in [0.3, 0.4) is 0 Å². The van der Waals surface area contributed by atoms with Gasteiger partial charge in [-0.1, -0.05) is 0 Å². The van der Waals surface area contributed by atoms with Gasteiger partial charge >= 0.3 is 6.09 Å². The second-order valence-corrected chi connectivity index (χ2v) is 5.61. The number of carboxylic acid groups (broad SMARTS) is 1. The summed E-state index contributed by atoms with van der Waals surface area (Å²) in [4.78, 5) is 19.5. The maximum Gasteiger partial charge on any atom is 0.404 e. The Labute approximate surface area is 142 Å². The predicted octanol–water partition coefficient (Wildman–Crippen LogP) is 0.887. The highest BCUT2D eigenvalue weighted by Gasteiger charge is 2.17. The molecule has 0 atom stereocenters. The first-order chi connectivity index (χ1) is 11.7. The predicted molar refractivity (Wildman–Crippen MR) is 90.9 cm³/mol. The molecule has 1 fully saturated rings. The summed E-state index contributed by atoms with van der Waals surface area (Å²) in [6.07, 6.45) is 1.62. The van der Waals surface area contributed by atoms with E-state index in [1.54, 1.807) is 13.3 Å². The van der Waals surface area contributed by atoms with Crippen LogP contribution in [0.4, 0.5) is 10.6 Å². The van der Waals surface area contributed by atoms with E-state index in [9.17, 15) is 4.79 Å². The van der Waals surface area contributed by atoms with E-state index in [0.29, 0.717) is 19.8 Å². The molecule has 134 valence electrons. The third-order valence-electron chi connectivity index (χ3n) is 3.90. The van der Waals surface area contributed by atoms with Crippen molar-refractivity contribution in [1.82, 2.24) is 15.2 Å². The van der Waals surface area contributed by atoms with Crippen molar-refractivity contribution < 1.29 is 19.4 Å². The van der Waals surface area contributed by atoms with Gasteiger partial charge in [0, 0.05) is 39.8 Å². The Morgan fingerprint density at radius 2 is 2.08 bits per heavy atom. The van der Waals surface area contributed by atoms with Crippen LogP contribution in [0.15, 0.2) is 18.3 Å². The zero-order valence-electron chi connectivity index (χ0n) is 14.1. The summed E-state index contributed by atoms with van der Waals surface area (Å²) >= 11 is 0. The van der Waals surface area contributed by atoms with Gasteiger partial charge in [0.05, 0.1) is 12.8 Å². The van der Waals surface area contributed by atoms with Crippen molar-refractivity contribution in [2.45, 2.75) is 6.42 Å². The SMILES string of the molecule is COCCOc1ccc(N2CCN(CCCNC(=O)O)CC2)nc1. The van der Waals surface area contributed by atoms with Gasteiger partial charge in [0.25, 0.3) is 0 Å². The van der Waals surface area contributed by atoms with Crippen molar-refractivity contribution in [2.24, 2.45) is 0 Å². The Kier molecular flexibility index (Phi) is 7.57. The number of hydrogen-bond donors (Lipinski definition) is 2. The van der Waals surface area contributed by atoms with Gasteiger partial charge in [0.15, 0.2) is 0 Å². The van der Waals surface area contributed by atoms with Gasteiger partial charge in [-0.25, -0.2) is 9.78 Å². The topological polar surface area (TPSA) is 87.2 Å². The van der Waals surface area contributed by atoms with Gasteiger partial charge in [-0.15, -0.1) is 0 Å². The van der Waals surface area contributed by atoms with Crippen LogP contribution in [0, 0.1) is 0 Å². The lowest BCUT2D eigenvalue weighted by atomic mass is 10.2. The number of pyridine rings is 1. The number of anilines is 1. The number of amides is 1. The van der Waals surface area contributed by atoms with Crippen LogP contribution >= 0.6 is 0 Å². The molecule has 0 unspecified atom stereocenters. The number of methoxy groups -OCH3 is 1. The lowest BCUT2D eigenvalue weighted by molar-refractivity contribution is 0.146. The van der Waals surface area contributed by atoms with E-state index >= 15 is 0 Å². The molecule has 0 bridgehead atoms. The van der Waals surface area contributed by atoms with E-state index in [-0.39, 0.29) is 0 Å². The van der Waals surface area contributed by atoms with Crippen molar-refractivity contribution in [1.29, 1.82) is 0 Å². The third kappa shape index (κ3) is 6.21. The maximum atomic E-state index is 10.4. The van der Waals surface area contributed by atoms with Gasteiger partial charge in [-0.2, -0.15) is 0 Å². The smallest absolute Gasteiger partial charge is 0.404 e. The van der Waals surface area contributed by atoms with E-state index in [4.69, 9.17) is 14.6 Å². The van der Waals surface area contributed by atoms with E-state index in [1.807, 2.05) is 12.1 Å². The molecule has 8 nitrogen and oxygen atoms in total. The molecular weight excluding hydrogens is 312 g/mol. The van der Waals surface area contributed by atoms with Gasteiger partial charge in [0.1, 0.15) is 18.2 Å². The lowest BCUT2D eigenvalue weighted by Gasteiger charge is -2.35. The van der Waals surface area contributed by atoms with Gasteiger partial charge in [-0.3, -0.25) is 4.90 Å². The zero-order chi connectivity index (χ0) is 17.2. The van der Waals surface area contributed by atoms with Gasteiger partial charge in [0.2, 0.25) is 0 Å². The monoisotopic (exact) mass is 338 g/mol. The fourth-order valence-corrected chi connectivity index (χ4v) is 2.59. The molecule has 2 N–H and O–H groups in total. The molecule has 8 heteroatoms. The Morgan fingerprint density at radius 3 is 2.71 bits per heavy atom. The molecule has 2 rings (SSSR count). The average molecular weight is 338 g/mol. The van der Waals surface area contributed by atoms with E-state index in [0.717, 1.165) is 50.7 Å². The van der Waals surface area contributed by atoms with Crippen LogP contribution in [0.1, 0.15) is 6.42 Å². The highest BCUT2D eigenvalue weighted by molar-refractivity contribution is 5.64. The van der Waals surface area contributed by atoms with Crippen molar-refractivity contribution in [3.8, 4) is 5.75 Å².